The van der Waals surface area contributed by atoms with Crippen LogP contribution in [0.15, 0.2) is 48.5 Å². The Kier molecular flexibility index (Phi) is 4.69. The van der Waals surface area contributed by atoms with Gasteiger partial charge in [0.25, 0.3) is 0 Å². The lowest BCUT2D eigenvalue weighted by Crippen LogP contribution is -2.33. The van der Waals surface area contributed by atoms with E-state index in [-0.39, 0.29) is 11.3 Å². The third-order valence-corrected chi connectivity index (χ3v) is 4.97. The first-order valence-corrected chi connectivity index (χ1v) is 9.10. The van der Waals surface area contributed by atoms with E-state index in [9.17, 15) is 4.79 Å². The maximum Gasteiger partial charge on any atom is 0.223 e. The van der Waals surface area contributed by atoms with Gasteiger partial charge in [-0.15, -0.1) is 0 Å². The summed E-state index contributed by atoms with van der Waals surface area (Å²) in [5.41, 5.74) is 1.24. The number of carbonyl (C=O) groups is 1. The number of amides is 1. The molecule has 0 radical (unpaired) electrons. The molecule has 2 aromatic carbocycles. The molecule has 1 N–H and O–H groups in total. The van der Waals surface area contributed by atoms with Gasteiger partial charge in [-0.25, -0.2) is 0 Å². The van der Waals surface area contributed by atoms with Crippen molar-refractivity contribution < 1.29 is 19.0 Å². The molecule has 0 saturated heterocycles. The minimum atomic E-state index is 0.0183. The third kappa shape index (κ3) is 3.77. The van der Waals surface area contributed by atoms with Gasteiger partial charge in [0.1, 0.15) is 19.0 Å². The number of hydrogen-bond donors (Lipinski definition) is 1. The van der Waals surface area contributed by atoms with Crippen LogP contribution in [0.2, 0.25) is 0 Å². The maximum absolute atomic E-state index is 12.1. The van der Waals surface area contributed by atoms with Crippen LogP contribution in [0.1, 0.15) is 24.8 Å². The van der Waals surface area contributed by atoms with E-state index in [1.54, 1.807) is 0 Å². The quantitative estimate of drug-likeness (QED) is 0.831. The maximum atomic E-state index is 12.1. The van der Waals surface area contributed by atoms with Crippen LogP contribution in [0.25, 0.3) is 0 Å². The van der Waals surface area contributed by atoms with Crippen LogP contribution >= 0.6 is 0 Å². The molecule has 0 aromatic heterocycles. The van der Waals surface area contributed by atoms with Crippen molar-refractivity contribution in [1.29, 1.82) is 0 Å². The van der Waals surface area contributed by atoms with Crippen molar-refractivity contribution >= 4 is 5.91 Å². The fourth-order valence-corrected chi connectivity index (χ4v) is 3.23. The highest BCUT2D eigenvalue weighted by molar-refractivity contribution is 5.76. The molecule has 2 aromatic rings. The minimum Gasteiger partial charge on any atom is -0.493 e. The highest BCUT2D eigenvalue weighted by Crippen LogP contribution is 2.49. The Morgan fingerprint density at radius 3 is 2.58 bits per heavy atom. The molecule has 0 bridgehead atoms. The summed E-state index contributed by atoms with van der Waals surface area (Å²) in [6.07, 6.45) is 2.51. The molecule has 5 nitrogen and oxygen atoms in total. The molecule has 26 heavy (non-hydrogen) atoms. The monoisotopic (exact) mass is 353 g/mol. The van der Waals surface area contributed by atoms with Gasteiger partial charge in [0.2, 0.25) is 5.91 Å². The molecular weight excluding hydrogens is 330 g/mol. The molecule has 0 atom stereocenters. The summed E-state index contributed by atoms with van der Waals surface area (Å²) < 4.78 is 16.8. The van der Waals surface area contributed by atoms with Crippen molar-refractivity contribution in [1.82, 2.24) is 5.32 Å². The van der Waals surface area contributed by atoms with Crippen molar-refractivity contribution in [2.75, 3.05) is 26.4 Å². The van der Waals surface area contributed by atoms with Gasteiger partial charge in [-0.2, -0.15) is 0 Å². The SMILES string of the molecule is O=C(CCOc1ccccc1)NCC1(c2ccc3c(c2)OCCO3)CC1. The first kappa shape index (κ1) is 16.8. The van der Waals surface area contributed by atoms with Crippen molar-refractivity contribution in [3.05, 3.63) is 54.1 Å². The molecular formula is C21H23NO4. The molecule has 1 aliphatic carbocycles. The first-order valence-electron chi connectivity index (χ1n) is 9.10. The number of benzene rings is 2. The number of hydrogen-bond acceptors (Lipinski definition) is 4. The molecule has 1 fully saturated rings. The zero-order valence-corrected chi connectivity index (χ0v) is 14.7. The topological polar surface area (TPSA) is 56.8 Å². The summed E-state index contributed by atoms with van der Waals surface area (Å²) in [6.45, 7) is 2.21. The Bertz CT molecular complexity index is 771. The summed E-state index contributed by atoms with van der Waals surface area (Å²) in [7, 11) is 0. The number of rotatable bonds is 7. The lowest BCUT2D eigenvalue weighted by atomic mass is 9.95. The molecule has 0 spiro atoms. The Hall–Kier alpha value is -2.69. The second-order valence-electron chi connectivity index (χ2n) is 6.83. The van der Waals surface area contributed by atoms with Crippen LogP contribution in [-0.4, -0.2) is 32.3 Å². The van der Waals surface area contributed by atoms with E-state index < -0.39 is 0 Å². The number of para-hydroxylation sites is 1. The van der Waals surface area contributed by atoms with Crippen molar-refractivity contribution in [2.45, 2.75) is 24.7 Å². The summed E-state index contributed by atoms with van der Waals surface area (Å²) in [5.74, 6) is 2.42. The second-order valence-corrected chi connectivity index (χ2v) is 6.83. The average molecular weight is 353 g/mol. The predicted molar refractivity (Wildman–Crippen MR) is 97.9 cm³/mol. The van der Waals surface area contributed by atoms with Crippen LogP contribution in [0.3, 0.4) is 0 Å². The van der Waals surface area contributed by atoms with Gasteiger partial charge in [-0.05, 0) is 42.7 Å². The van der Waals surface area contributed by atoms with Crippen molar-refractivity contribution in [2.24, 2.45) is 0 Å². The average Bonchev–Trinajstić information content (AvgIpc) is 3.48. The number of nitrogens with one attached hydrogen (secondary N) is 1. The third-order valence-electron chi connectivity index (χ3n) is 4.97. The molecule has 4 rings (SSSR count). The Labute approximate surface area is 153 Å². The first-order chi connectivity index (χ1) is 12.8. The number of ether oxygens (including phenoxy) is 3. The van der Waals surface area contributed by atoms with E-state index in [1.807, 2.05) is 36.4 Å². The summed E-state index contributed by atoms with van der Waals surface area (Å²) >= 11 is 0. The van der Waals surface area contributed by atoms with Crippen LogP contribution in [0.5, 0.6) is 17.2 Å². The van der Waals surface area contributed by atoms with E-state index in [2.05, 4.69) is 17.4 Å². The standard InChI is InChI=1S/C21H23NO4/c23-20(8-11-24-17-4-2-1-3-5-17)22-15-21(9-10-21)16-6-7-18-19(14-16)26-13-12-25-18/h1-7,14H,8-13,15H2,(H,22,23). The summed E-state index contributed by atoms with van der Waals surface area (Å²) in [4.78, 5) is 12.1. The molecule has 1 saturated carbocycles. The Morgan fingerprint density at radius 1 is 1.04 bits per heavy atom. The van der Waals surface area contributed by atoms with Crippen LogP contribution in [-0.2, 0) is 10.2 Å². The van der Waals surface area contributed by atoms with Gasteiger partial charge in [-0.3, -0.25) is 4.79 Å². The normalized spacial score (nSPS) is 16.6. The molecule has 1 amide bonds. The van der Waals surface area contributed by atoms with Gasteiger partial charge in [0, 0.05) is 12.0 Å². The Morgan fingerprint density at radius 2 is 1.81 bits per heavy atom. The molecule has 0 unspecified atom stereocenters. The zero-order chi connectivity index (χ0) is 17.8. The highest BCUT2D eigenvalue weighted by Gasteiger charge is 2.44. The molecule has 1 aliphatic heterocycles. The van der Waals surface area contributed by atoms with E-state index in [0.29, 0.717) is 32.8 Å². The van der Waals surface area contributed by atoms with E-state index in [0.717, 1.165) is 30.1 Å². The minimum absolute atomic E-state index is 0.0183. The molecule has 2 aliphatic rings. The van der Waals surface area contributed by atoms with E-state index in [1.165, 1.54) is 5.56 Å². The fraction of sp³-hybridized carbons (Fsp3) is 0.381. The van der Waals surface area contributed by atoms with Gasteiger partial charge < -0.3 is 19.5 Å². The number of fused-ring (bicyclic) bond motifs is 1. The lowest BCUT2D eigenvalue weighted by molar-refractivity contribution is -0.121. The summed E-state index contributed by atoms with van der Waals surface area (Å²) in [5, 5.41) is 3.06. The zero-order valence-electron chi connectivity index (χ0n) is 14.7. The highest BCUT2D eigenvalue weighted by atomic mass is 16.6. The lowest BCUT2D eigenvalue weighted by Gasteiger charge is -2.22. The van der Waals surface area contributed by atoms with Crippen molar-refractivity contribution in [3.63, 3.8) is 0 Å². The molecule has 1 heterocycles. The van der Waals surface area contributed by atoms with Crippen molar-refractivity contribution in [3.8, 4) is 17.2 Å². The predicted octanol–water partition coefficient (Wildman–Crippen LogP) is 3.07. The molecule has 136 valence electrons. The van der Waals surface area contributed by atoms with Gasteiger partial charge in [-0.1, -0.05) is 24.3 Å². The van der Waals surface area contributed by atoms with E-state index >= 15 is 0 Å². The smallest absolute Gasteiger partial charge is 0.223 e. The number of carbonyl (C=O) groups excluding carboxylic acids is 1. The second kappa shape index (κ2) is 7.28. The van der Waals surface area contributed by atoms with E-state index in [4.69, 9.17) is 14.2 Å². The van der Waals surface area contributed by atoms with Gasteiger partial charge in [0.15, 0.2) is 11.5 Å². The van der Waals surface area contributed by atoms with Crippen LogP contribution < -0.4 is 19.5 Å². The van der Waals surface area contributed by atoms with Crippen LogP contribution in [0.4, 0.5) is 0 Å². The Balaban J connectivity index is 1.28. The van der Waals surface area contributed by atoms with Gasteiger partial charge in [0.05, 0.1) is 13.0 Å². The fourth-order valence-electron chi connectivity index (χ4n) is 3.23. The summed E-state index contributed by atoms with van der Waals surface area (Å²) in [6, 6.07) is 15.7. The largest absolute Gasteiger partial charge is 0.493 e. The van der Waals surface area contributed by atoms with Crippen LogP contribution in [0, 0.1) is 0 Å². The molecule has 5 heteroatoms. The van der Waals surface area contributed by atoms with Gasteiger partial charge >= 0.3 is 0 Å².